The third-order valence-electron chi connectivity index (χ3n) is 5.03. The van der Waals surface area contributed by atoms with Gasteiger partial charge in [-0.05, 0) is 53.7 Å². The molecule has 2 atom stereocenters. The zero-order chi connectivity index (χ0) is 22.9. The highest BCUT2D eigenvalue weighted by Gasteiger charge is 2.49. The van der Waals surface area contributed by atoms with E-state index in [1.54, 1.807) is 65.8 Å². The van der Waals surface area contributed by atoms with Crippen molar-refractivity contribution in [3.05, 3.63) is 63.5 Å². The molecule has 7 nitrogen and oxygen atoms in total. The quantitative estimate of drug-likeness (QED) is 0.407. The molecule has 0 spiro atoms. The van der Waals surface area contributed by atoms with Crippen LogP contribution in [-0.2, 0) is 19.1 Å². The summed E-state index contributed by atoms with van der Waals surface area (Å²) in [5.74, 6) is -0.697. The predicted octanol–water partition coefficient (Wildman–Crippen LogP) is 4.39. The lowest BCUT2D eigenvalue weighted by Gasteiger charge is -2.43. The zero-order valence-corrected chi connectivity index (χ0v) is 18.5. The van der Waals surface area contributed by atoms with E-state index in [-0.39, 0.29) is 0 Å². The molecule has 0 N–H and O–H groups in total. The van der Waals surface area contributed by atoms with Gasteiger partial charge in [0, 0.05) is 34.7 Å². The molecule has 1 aliphatic rings. The summed E-state index contributed by atoms with van der Waals surface area (Å²) in [6, 6.07) is 6.22. The van der Waals surface area contributed by atoms with Crippen LogP contribution in [0.3, 0.4) is 0 Å². The number of carbonyl (C=O) groups excluding carboxylic acids is 2. The second-order valence-corrected chi connectivity index (χ2v) is 8.26. The molecule has 1 aromatic heterocycles. The van der Waals surface area contributed by atoms with Crippen molar-refractivity contribution in [2.75, 3.05) is 0 Å². The minimum atomic E-state index is -1.03. The molecule has 0 aliphatic carbocycles. The van der Waals surface area contributed by atoms with Gasteiger partial charge in [0.1, 0.15) is 16.9 Å². The maximum atomic E-state index is 12.6. The number of benzene rings is 1. The molecule has 0 saturated carbocycles. The van der Waals surface area contributed by atoms with Gasteiger partial charge in [-0.1, -0.05) is 11.6 Å². The monoisotopic (exact) mass is 426 g/mol. The smallest absolute Gasteiger partial charge is 0.336 e. The number of hydrogen-bond acceptors (Lipinski definition) is 7. The molecular formula is C24H26O7. The SMILES string of the molecule is C/C=C(\C)C(=O)O[C@@H]1c2cc3ccc(=O)oc3cc2OC(C)(C)[C@H]1OC(=O)C=C(C)C. The van der Waals surface area contributed by atoms with Crippen molar-refractivity contribution in [1.29, 1.82) is 0 Å². The van der Waals surface area contributed by atoms with E-state index in [4.69, 9.17) is 18.6 Å². The van der Waals surface area contributed by atoms with E-state index in [2.05, 4.69) is 0 Å². The van der Waals surface area contributed by atoms with Gasteiger partial charge in [-0.25, -0.2) is 14.4 Å². The lowest BCUT2D eigenvalue weighted by molar-refractivity contribution is -0.185. The molecule has 1 aliphatic heterocycles. The molecule has 2 heterocycles. The Morgan fingerprint density at radius 1 is 1.10 bits per heavy atom. The predicted molar refractivity (Wildman–Crippen MR) is 115 cm³/mol. The Hall–Kier alpha value is -3.35. The maximum Gasteiger partial charge on any atom is 0.336 e. The van der Waals surface area contributed by atoms with Crippen LogP contribution >= 0.6 is 0 Å². The van der Waals surface area contributed by atoms with Crippen LogP contribution in [0.1, 0.15) is 53.2 Å². The van der Waals surface area contributed by atoms with Crippen LogP contribution in [-0.4, -0.2) is 23.6 Å². The van der Waals surface area contributed by atoms with Crippen LogP contribution < -0.4 is 10.4 Å². The molecule has 0 fully saturated rings. The highest BCUT2D eigenvalue weighted by Crippen LogP contribution is 2.45. The van der Waals surface area contributed by atoms with Crippen molar-refractivity contribution < 1.29 is 28.2 Å². The summed E-state index contributed by atoms with van der Waals surface area (Å²) >= 11 is 0. The van der Waals surface area contributed by atoms with Crippen molar-refractivity contribution in [1.82, 2.24) is 0 Å². The normalized spacial score (nSPS) is 19.7. The van der Waals surface area contributed by atoms with Gasteiger partial charge in [0.15, 0.2) is 12.2 Å². The summed E-state index contributed by atoms with van der Waals surface area (Å²) in [5.41, 5.74) is 0.550. The van der Waals surface area contributed by atoms with Crippen LogP contribution in [0.5, 0.6) is 5.75 Å². The van der Waals surface area contributed by atoms with E-state index in [0.29, 0.717) is 27.9 Å². The first-order chi connectivity index (χ1) is 14.5. The summed E-state index contributed by atoms with van der Waals surface area (Å²) in [4.78, 5) is 36.7. The highest BCUT2D eigenvalue weighted by atomic mass is 16.6. The second-order valence-electron chi connectivity index (χ2n) is 8.26. The Labute approximate surface area is 180 Å². The van der Waals surface area contributed by atoms with Crippen molar-refractivity contribution in [2.45, 2.75) is 59.4 Å². The van der Waals surface area contributed by atoms with Gasteiger partial charge in [0.05, 0.1) is 0 Å². The van der Waals surface area contributed by atoms with Crippen molar-refractivity contribution in [2.24, 2.45) is 0 Å². The van der Waals surface area contributed by atoms with E-state index in [1.807, 2.05) is 0 Å². The first-order valence-corrected chi connectivity index (χ1v) is 9.98. The van der Waals surface area contributed by atoms with Crippen LogP contribution in [0.25, 0.3) is 11.0 Å². The standard InChI is InChI=1S/C24H26O7/c1-7-14(4)23(27)30-21-16-11-15-8-9-19(25)28-17(15)12-18(16)31-24(5,6)22(21)29-20(26)10-13(2)3/h7-12,21-22H,1-6H3/b14-7+/t21-,22+/m1/s1. The summed E-state index contributed by atoms with van der Waals surface area (Å²) in [6.45, 7) is 10.4. The molecule has 0 bridgehead atoms. The molecular weight excluding hydrogens is 400 g/mol. The number of rotatable bonds is 4. The number of fused-ring (bicyclic) bond motifs is 2. The van der Waals surface area contributed by atoms with Gasteiger partial charge in [-0.3, -0.25) is 0 Å². The molecule has 0 amide bonds. The molecule has 0 saturated heterocycles. The molecule has 2 aromatic rings. The lowest BCUT2D eigenvalue weighted by atomic mass is 9.87. The average Bonchev–Trinajstić information content (AvgIpc) is 2.67. The van der Waals surface area contributed by atoms with Gasteiger partial charge in [-0.15, -0.1) is 0 Å². The fourth-order valence-corrected chi connectivity index (χ4v) is 3.34. The Morgan fingerprint density at radius 3 is 2.45 bits per heavy atom. The highest BCUT2D eigenvalue weighted by molar-refractivity contribution is 5.88. The van der Waals surface area contributed by atoms with Crippen LogP contribution in [0.15, 0.2) is 56.8 Å². The van der Waals surface area contributed by atoms with Crippen LogP contribution in [0, 0.1) is 0 Å². The Morgan fingerprint density at radius 2 is 1.81 bits per heavy atom. The summed E-state index contributed by atoms with van der Waals surface area (Å²) in [6.07, 6.45) is 1.18. The van der Waals surface area contributed by atoms with Crippen molar-refractivity contribution in [3.63, 3.8) is 0 Å². The largest absolute Gasteiger partial charge is 0.483 e. The molecule has 0 unspecified atom stereocenters. The summed E-state index contributed by atoms with van der Waals surface area (Å²) in [7, 11) is 0. The van der Waals surface area contributed by atoms with Crippen LogP contribution in [0.4, 0.5) is 0 Å². The number of hydrogen-bond donors (Lipinski definition) is 0. The number of allylic oxidation sites excluding steroid dienone is 2. The third kappa shape index (κ3) is 4.71. The Kier molecular flexibility index (Phi) is 6.06. The zero-order valence-electron chi connectivity index (χ0n) is 18.5. The first-order valence-electron chi connectivity index (χ1n) is 9.98. The molecule has 0 radical (unpaired) electrons. The average molecular weight is 426 g/mol. The fraction of sp³-hybridized carbons (Fsp3) is 0.375. The van der Waals surface area contributed by atoms with E-state index < -0.39 is 35.4 Å². The van der Waals surface area contributed by atoms with Gasteiger partial charge in [-0.2, -0.15) is 0 Å². The third-order valence-corrected chi connectivity index (χ3v) is 5.03. The topological polar surface area (TPSA) is 92.0 Å². The van der Waals surface area contributed by atoms with Crippen LogP contribution in [0.2, 0.25) is 0 Å². The van der Waals surface area contributed by atoms with Gasteiger partial charge >= 0.3 is 17.6 Å². The number of esters is 2. The molecule has 3 rings (SSSR count). The van der Waals surface area contributed by atoms with Crippen molar-refractivity contribution in [3.8, 4) is 5.75 Å². The summed E-state index contributed by atoms with van der Waals surface area (Å²) in [5, 5.41) is 0.625. The molecule has 164 valence electrons. The Bertz CT molecular complexity index is 1150. The maximum absolute atomic E-state index is 12.6. The van der Waals surface area contributed by atoms with E-state index >= 15 is 0 Å². The van der Waals surface area contributed by atoms with E-state index in [9.17, 15) is 14.4 Å². The van der Waals surface area contributed by atoms with Gasteiger partial charge in [0.25, 0.3) is 0 Å². The fourth-order valence-electron chi connectivity index (χ4n) is 3.34. The number of ether oxygens (including phenoxy) is 3. The van der Waals surface area contributed by atoms with Gasteiger partial charge in [0.2, 0.25) is 0 Å². The van der Waals surface area contributed by atoms with E-state index in [0.717, 1.165) is 5.57 Å². The lowest BCUT2D eigenvalue weighted by Crippen LogP contribution is -2.52. The van der Waals surface area contributed by atoms with Gasteiger partial charge < -0.3 is 18.6 Å². The van der Waals surface area contributed by atoms with E-state index in [1.165, 1.54) is 12.1 Å². The summed E-state index contributed by atoms with van der Waals surface area (Å²) < 4.78 is 22.9. The van der Waals surface area contributed by atoms with Crippen molar-refractivity contribution >= 4 is 22.9 Å². The molecule has 1 aromatic carbocycles. The minimum absolute atomic E-state index is 0.344. The minimum Gasteiger partial charge on any atom is -0.483 e. The Balaban J connectivity index is 2.15. The first kappa shape index (κ1) is 22.3. The molecule has 31 heavy (non-hydrogen) atoms. The number of carbonyl (C=O) groups is 2. The second kappa shape index (κ2) is 8.41. The molecule has 7 heteroatoms.